The average Bonchev–Trinajstić information content (AvgIpc) is 3.07. The molecule has 1 heterocycles. The van der Waals surface area contributed by atoms with Crippen LogP contribution in [0.2, 0.25) is 0 Å². The number of nitrogens with zero attached hydrogens (tertiary/aromatic N) is 1. The minimum Gasteiger partial charge on any atom is -0.361 e. The van der Waals surface area contributed by atoms with Crippen molar-refractivity contribution in [1.82, 2.24) is 14.6 Å². The molecule has 1 aromatic heterocycles. The predicted molar refractivity (Wildman–Crippen MR) is 82.2 cm³/mol. The highest BCUT2D eigenvalue weighted by Gasteiger charge is 2.11. The highest BCUT2D eigenvalue weighted by Crippen LogP contribution is 2.21. The van der Waals surface area contributed by atoms with E-state index in [1.807, 2.05) is 0 Å². The van der Waals surface area contributed by atoms with Crippen molar-refractivity contribution < 1.29 is 30.3 Å². The van der Waals surface area contributed by atoms with Crippen molar-refractivity contribution in [2.24, 2.45) is 0 Å². The Balaban J connectivity index is 2.84. The fraction of sp³-hybridized carbons (Fsp3) is 0.429. The lowest BCUT2D eigenvalue weighted by Crippen LogP contribution is -2.20. The molecule has 0 amide bonds. The Morgan fingerprint density at radius 3 is 3.10 bits per heavy atom. The zero-order valence-corrected chi connectivity index (χ0v) is 10.8. The zero-order valence-electron chi connectivity index (χ0n) is 26.0. The van der Waals surface area contributed by atoms with Gasteiger partial charge in [-0.25, -0.2) is 13.1 Å². The van der Waals surface area contributed by atoms with Crippen LogP contribution in [-0.4, -0.2) is 45.8 Å². The maximum atomic E-state index is 12.5. The summed E-state index contributed by atoms with van der Waals surface area (Å²) in [7, 11) is -5.45. The van der Waals surface area contributed by atoms with Crippen molar-refractivity contribution in [3.63, 3.8) is 0 Å². The number of rotatable bonds is 6. The summed E-state index contributed by atoms with van der Waals surface area (Å²) in [4.78, 5) is 2.32. The van der Waals surface area contributed by atoms with E-state index in [4.69, 9.17) is 21.9 Å². The van der Waals surface area contributed by atoms with E-state index in [0.29, 0.717) is 0 Å². The van der Waals surface area contributed by atoms with Gasteiger partial charge in [0.25, 0.3) is 0 Å². The summed E-state index contributed by atoms with van der Waals surface area (Å²) in [5, 5.41) is -0.611. The quantitative estimate of drug-likeness (QED) is 0.845. The van der Waals surface area contributed by atoms with E-state index in [0.717, 1.165) is 10.9 Å². The lowest BCUT2D eigenvalue weighted by Gasteiger charge is -2.08. The van der Waals surface area contributed by atoms with Gasteiger partial charge in [0.05, 0.1) is 9.82 Å². The summed E-state index contributed by atoms with van der Waals surface area (Å²) in [6.07, 6.45) is -2.00. The van der Waals surface area contributed by atoms with E-state index in [1.54, 1.807) is 0 Å². The molecule has 20 heavy (non-hydrogen) atoms. The molecule has 2 aromatic rings. The molecule has 5 nitrogen and oxygen atoms in total. The molecule has 0 saturated heterocycles. The van der Waals surface area contributed by atoms with Crippen molar-refractivity contribution in [2.45, 2.75) is 12.1 Å². The van der Waals surface area contributed by atoms with E-state index in [1.165, 1.54) is 0 Å². The number of hydrogen-bond donors (Lipinski definition) is 2. The number of H-pyrrole nitrogens is 1. The maximum Gasteiger partial charge on any atom is 0.215 e. The number of benzene rings is 1. The highest BCUT2D eigenvalue weighted by atomic mass is 32.2. The Morgan fingerprint density at radius 2 is 2.35 bits per heavy atom. The van der Waals surface area contributed by atoms with Gasteiger partial charge in [-0.1, -0.05) is 6.04 Å². The molecule has 0 radical (unpaired) electrons. The lowest BCUT2D eigenvalue weighted by atomic mass is 10.1. The van der Waals surface area contributed by atoms with Crippen LogP contribution in [0.5, 0.6) is 0 Å². The first-order valence-electron chi connectivity index (χ1n) is 13.2. The second-order valence-corrected chi connectivity index (χ2v) is 5.09. The van der Waals surface area contributed by atoms with Gasteiger partial charge in [0, 0.05) is 41.5 Å². The third kappa shape index (κ3) is 3.59. The molecule has 0 bridgehead atoms. The Bertz CT molecular complexity index is 1240. The molecular weight excluding hydrogens is 274 g/mol. The number of likely N-dealkylation sites (N-methyl/N-ethyl adjacent to an activating group) is 1. The summed E-state index contributed by atoms with van der Waals surface area (Å²) in [6, 6.07) is -3.06. The van der Waals surface area contributed by atoms with Gasteiger partial charge >= 0.3 is 0 Å². The summed E-state index contributed by atoms with van der Waals surface area (Å²) >= 11 is 0. The van der Waals surface area contributed by atoms with Crippen LogP contribution in [0.3, 0.4) is 0 Å². The van der Waals surface area contributed by atoms with Gasteiger partial charge < -0.3 is 9.88 Å². The first-order valence-corrected chi connectivity index (χ1v) is 6.67. The van der Waals surface area contributed by atoms with E-state index >= 15 is 0 Å². The van der Waals surface area contributed by atoms with Gasteiger partial charge in [-0.3, -0.25) is 0 Å². The minimum absolute atomic E-state index is 0.0895. The normalized spacial score (nSPS) is 27.4. The van der Waals surface area contributed by atoms with Crippen molar-refractivity contribution >= 4 is 20.9 Å². The Labute approximate surface area is 142 Å². The molecule has 0 atom stereocenters. The summed E-state index contributed by atoms with van der Waals surface area (Å²) in [6.45, 7) is -11.2. The maximum absolute atomic E-state index is 12.5. The fourth-order valence-electron chi connectivity index (χ4n) is 1.45. The van der Waals surface area contributed by atoms with E-state index < -0.39 is 89.7 Å². The second-order valence-electron chi connectivity index (χ2n) is 3.67. The fourth-order valence-corrected chi connectivity index (χ4v) is 1.87. The van der Waals surface area contributed by atoms with Gasteiger partial charge in [-0.15, -0.1) is 0 Å². The van der Waals surface area contributed by atoms with Crippen molar-refractivity contribution in [1.29, 1.82) is 0 Å². The largest absolute Gasteiger partial charge is 0.361 e. The molecule has 0 fully saturated rings. The third-order valence-corrected chi connectivity index (χ3v) is 2.98. The van der Waals surface area contributed by atoms with Crippen molar-refractivity contribution in [3.05, 3.63) is 35.5 Å². The van der Waals surface area contributed by atoms with Crippen LogP contribution in [-0.2, 0) is 22.1 Å². The van der Waals surface area contributed by atoms with E-state index in [2.05, 4.69) is 4.98 Å². The molecule has 0 saturated carbocycles. The van der Waals surface area contributed by atoms with Crippen LogP contribution < -0.4 is 4.72 Å². The highest BCUT2D eigenvalue weighted by molar-refractivity contribution is 7.88. The van der Waals surface area contributed by atoms with Crippen molar-refractivity contribution in [2.75, 3.05) is 27.5 Å². The average molecular weight is 312 g/mol. The Morgan fingerprint density at radius 1 is 1.50 bits per heavy atom. The molecule has 2 N–H and O–H groups in total. The topological polar surface area (TPSA) is 65.2 Å². The molecule has 0 spiro atoms. The van der Waals surface area contributed by atoms with Gasteiger partial charge in [-0.05, 0) is 50.5 Å². The van der Waals surface area contributed by atoms with Crippen LogP contribution in [0.4, 0.5) is 0 Å². The molecular formula is C14H21N3O2S. The van der Waals surface area contributed by atoms with Crippen LogP contribution >= 0.6 is 0 Å². The summed E-state index contributed by atoms with van der Waals surface area (Å²) in [5.41, 5.74) is -6.03. The SMILES string of the molecule is [2H]c1c(C([2H])([2H])S(=O)(=O)NC([2H])([2H])[2H])c([2H])c2c(C([2H])([2H])CN(C([2H])([2H])[2H])C([2H])([2H])[2H])c[nH]c2c1[2H]. The van der Waals surface area contributed by atoms with Crippen LogP contribution in [0, 0.1) is 0 Å². The summed E-state index contributed by atoms with van der Waals surface area (Å²) in [5.74, 6) is 0. The van der Waals surface area contributed by atoms with Gasteiger partial charge in [0.15, 0.2) is 0 Å². The Hall–Kier alpha value is -1.37. The molecule has 0 aliphatic carbocycles. The molecule has 0 unspecified atom stereocenters. The number of sulfonamides is 1. The standard InChI is InChI=1S/C14H21N3O2S/c1-15-20(18,19)10-11-4-5-14-13(8-11)12(9-16-14)6-7-17(2)3/h4-5,8-9,15-16H,6-7,10H2,1-3H3/i1D3,2D3,3D3,4D,5D,6D2,8D,10D2. The first-order chi connectivity index (χ1) is 15.8. The van der Waals surface area contributed by atoms with Gasteiger partial charge in [0.2, 0.25) is 10.0 Å². The number of nitrogens with one attached hydrogen (secondary N) is 2. The smallest absolute Gasteiger partial charge is 0.215 e. The van der Waals surface area contributed by atoms with Crippen molar-refractivity contribution in [3.8, 4) is 0 Å². The summed E-state index contributed by atoms with van der Waals surface area (Å²) < 4.78 is 149. The van der Waals surface area contributed by atoms with Crippen LogP contribution in [0.15, 0.2) is 24.3 Å². The third-order valence-electron chi connectivity index (χ3n) is 2.24. The molecule has 0 aliphatic rings. The van der Waals surface area contributed by atoms with Gasteiger partial charge in [-0.2, -0.15) is 0 Å². The van der Waals surface area contributed by atoms with Crippen LogP contribution in [0.1, 0.15) is 33.1 Å². The Kier molecular flexibility index (Phi) is 1.36. The molecule has 110 valence electrons. The van der Waals surface area contributed by atoms with Crippen LogP contribution in [0.25, 0.3) is 10.9 Å². The zero-order chi connectivity index (χ0) is 28.4. The number of aromatic nitrogens is 1. The second kappa shape index (κ2) is 5.95. The monoisotopic (exact) mass is 311 g/mol. The minimum atomic E-state index is -5.45. The van der Waals surface area contributed by atoms with Gasteiger partial charge in [0.1, 0.15) is 0 Å². The van der Waals surface area contributed by atoms with E-state index in [9.17, 15) is 8.42 Å². The lowest BCUT2D eigenvalue weighted by molar-refractivity contribution is 0.414. The molecule has 0 aliphatic heterocycles. The first kappa shape index (κ1) is 4.56. The molecule has 2 rings (SSSR count). The predicted octanol–water partition coefficient (Wildman–Crippen LogP) is 1.32. The number of fused-ring (bicyclic) bond motifs is 1. The molecule has 1 aromatic carbocycles. The number of aromatic amines is 1. The number of hydrogen-bond acceptors (Lipinski definition) is 3. The molecule has 6 heteroatoms. The van der Waals surface area contributed by atoms with E-state index in [-0.39, 0.29) is 4.90 Å².